The van der Waals surface area contributed by atoms with Crippen LogP contribution in [0.2, 0.25) is 0 Å². The van der Waals surface area contributed by atoms with E-state index >= 15 is 0 Å². The van der Waals surface area contributed by atoms with E-state index in [4.69, 9.17) is 4.74 Å². The van der Waals surface area contributed by atoms with Gasteiger partial charge in [0, 0.05) is 25.6 Å². The zero-order chi connectivity index (χ0) is 21.0. The second-order valence-corrected chi connectivity index (χ2v) is 9.02. The zero-order valence-electron chi connectivity index (χ0n) is 17.8. The van der Waals surface area contributed by atoms with Crippen LogP contribution >= 0.6 is 0 Å². The van der Waals surface area contributed by atoms with Crippen LogP contribution in [-0.2, 0) is 16.1 Å². The third kappa shape index (κ3) is 5.87. The Morgan fingerprint density at radius 2 is 1.79 bits per heavy atom. The molecule has 1 aromatic rings. The zero-order valence-corrected chi connectivity index (χ0v) is 17.8. The van der Waals surface area contributed by atoms with Crippen LogP contribution < -0.4 is 5.32 Å². The van der Waals surface area contributed by atoms with Crippen molar-refractivity contribution in [1.29, 1.82) is 0 Å². The van der Waals surface area contributed by atoms with Gasteiger partial charge in [-0.1, -0.05) is 26.0 Å². The van der Waals surface area contributed by atoms with Crippen molar-refractivity contribution in [1.82, 2.24) is 10.2 Å². The summed E-state index contributed by atoms with van der Waals surface area (Å²) in [6, 6.07) is 5.34. The van der Waals surface area contributed by atoms with E-state index in [0.717, 1.165) is 24.0 Å². The van der Waals surface area contributed by atoms with Crippen LogP contribution in [-0.4, -0.2) is 41.2 Å². The summed E-state index contributed by atoms with van der Waals surface area (Å²) in [5.41, 5.74) is 1.76. The van der Waals surface area contributed by atoms with Gasteiger partial charge in [0.2, 0.25) is 5.91 Å². The SMILES string of the molecule is Cc1cc(CNC(=O)C2CCN(C(=O)O[C@@H]3C[C@H](C)C[C@H](C)C3)CC2)ccc1O. The van der Waals surface area contributed by atoms with Crippen LogP contribution in [0.1, 0.15) is 57.1 Å². The molecular formula is C23H34N2O4. The van der Waals surface area contributed by atoms with E-state index in [0.29, 0.717) is 44.3 Å². The molecule has 0 radical (unpaired) electrons. The number of nitrogens with one attached hydrogen (secondary N) is 1. The Hall–Kier alpha value is -2.24. The van der Waals surface area contributed by atoms with E-state index in [1.807, 2.05) is 19.1 Å². The largest absolute Gasteiger partial charge is 0.508 e. The van der Waals surface area contributed by atoms with E-state index < -0.39 is 0 Å². The van der Waals surface area contributed by atoms with E-state index in [2.05, 4.69) is 19.2 Å². The monoisotopic (exact) mass is 402 g/mol. The van der Waals surface area contributed by atoms with E-state index in [9.17, 15) is 14.7 Å². The third-order valence-electron chi connectivity index (χ3n) is 6.25. The number of hydrogen-bond acceptors (Lipinski definition) is 4. The number of piperidine rings is 1. The molecule has 3 rings (SSSR count). The van der Waals surface area contributed by atoms with Crippen molar-refractivity contribution in [3.63, 3.8) is 0 Å². The van der Waals surface area contributed by atoms with E-state index in [1.54, 1.807) is 11.0 Å². The molecule has 1 saturated carbocycles. The molecule has 0 bridgehead atoms. The first-order valence-electron chi connectivity index (χ1n) is 10.8. The van der Waals surface area contributed by atoms with E-state index in [1.165, 1.54) is 6.42 Å². The van der Waals surface area contributed by atoms with Crippen LogP contribution in [0.15, 0.2) is 18.2 Å². The van der Waals surface area contributed by atoms with Gasteiger partial charge in [-0.25, -0.2) is 4.79 Å². The third-order valence-corrected chi connectivity index (χ3v) is 6.25. The fraction of sp³-hybridized carbons (Fsp3) is 0.652. The second-order valence-electron chi connectivity index (χ2n) is 9.02. The molecule has 1 aliphatic heterocycles. The molecule has 6 nitrogen and oxygen atoms in total. The topological polar surface area (TPSA) is 78.9 Å². The number of carbonyl (C=O) groups excluding carboxylic acids is 2. The summed E-state index contributed by atoms with van der Waals surface area (Å²) in [7, 11) is 0. The molecule has 2 aliphatic rings. The summed E-state index contributed by atoms with van der Waals surface area (Å²) in [6.07, 6.45) is 4.22. The van der Waals surface area contributed by atoms with Gasteiger partial charge >= 0.3 is 6.09 Å². The van der Waals surface area contributed by atoms with Gasteiger partial charge in [0.15, 0.2) is 0 Å². The molecule has 2 amide bonds. The number of phenolic OH excluding ortho intramolecular Hbond substituents is 1. The van der Waals surface area contributed by atoms with Crippen molar-refractivity contribution in [2.24, 2.45) is 17.8 Å². The number of carbonyl (C=O) groups is 2. The number of benzene rings is 1. The number of hydrogen-bond donors (Lipinski definition) is 2. The van der Waals surface area contributed by atoms with Gasteiger partial charge in [-0.15, -0.1) is 0 Å². The summed E-state index contributed by atoms with van der Waals surface area (Å²) in [5, 5.41) is 12.6. The molecule has 0 spiro atoms. The lowest BCUT2D eigenvalue weighted by Crippen LogP contribution is -2.44. The average Bonchev–Trinajstić information content (AvgIpc) is 2.68. The number of aromatic hydroxyl groups is 1. The maximum Gasteiger partial charge on any atom is 0.410 e. The fourth-order valence-corrected chi connectivity index (χ4v) is 4.67. The fourth-order valence-electron chi connectivity index (χ4n) is 4.67. The molecule has 1 aliphatic carbocycles. The molecule has 0 aromatic heterocycles. The molecule has 29 heavy (non-hydrogen) atoms. The van der Waals surface area contributed by atoms with Crippen molar-refractivity contribution in [2.45, 2.75) is 65.5 Å². The highest BCUT2D eigenvalue weighted by molar-refractivity contribution is 5.79. The predicted molar refractivity (Wildman–Crippen MR) is 111 cm³/mol. The summed E-state index contributed by atoms with van der Waals surface area (Å²) in [4.78, 5) is 26.7. The number of amides is 2. The minimum Gasteiger partial charge on any atom is -0.508 e. The Morgan fingerprint density at radius 3 is 2.41 bits per heavy atom. The molecule has 160 valence electrons. The summed E-state index contributed by atoms with van der Waals surface area (Å²) in [6.45, 7) is 7.85. The Bertz CT molecular complexity index is 718. The highest BCUT2D eigenvalue weighted by Gasteiger charge is 2.31. The summed E-state index contributed by atoms with van der Waals surface area (Å²) < 4.78 is 5.76. The minimum absolute atomic E-state index is 0.0241. The van der Waals surface area contributed by atoms with Gasteiger partial charge in [-0.2, -0.15) is 0 Å². The Morgan fingerprint density at radius 1 is 1.14 bits per heavy atom. The molecule has 2 fully saturated rings. The lowest BCUT2D eigenvalue weighted by Gasteiger charge is -2.35. The second kappa shape index (κ2) is 9.51. The van der Waals surface area contributed by atoms with Crippen LogP contribution in [0.4, 0.5) is 4.79 Å². The normalized spacial score (nSPS) is 25.5. The van der Waals surface area contributed by atoms with E-state index in [-0.39, 0.29) is 29.8 Å². The summed E-state index contributed by atoms with van der Waals surface area (Å²) in [5.74, 6) is 1.41. The van der Waals surface area contributed by atoms with Crippen molar-refractivity contribution >= 4 is 12.0 Å². The Kier molecular flexibility index (Phi) is 7.04. The highest BCUT2D eigenvalue weighted by Crippen LogP contribution is 2.31. The number of rotatable bonds is 4. The number of aryl methyl sites for hydroxylation is 1. The molecule has 1 aromatic carbocycles. The van der Waals surface area contributed by atoms with Gasteiger partial charge in [-0.3, -0.25) is 4.79 Å². The van der Waals surface area contributed by atoms with Gasteiger partial charge in [0.25, 0.3) is 0 Å². The first-order valence-corrected chi connectivity index (χ1v) is 10.8. The average molecular weight is 403 g/mol. The standard InChI is InChI=1S/C23H34N2O4/c1-15-10-16(2)12-20(11-15)29-23(28)25-8-6-19(7-9-25)22(27)24-14-18-4-5-21(26)17(3)13-18/h4-5,13,15-16,19-20,26H,6-12,14H2,1-3H3,(H,24,27)/t15-,16+,20-. The van der Waals surface area contributed by atoms with Gasteiger partial charge in [0.1, 0.15) is 11.9 Å². The number of ether oxygens (including phenoxy) is 1. The van der Waals surface area contributed by atoms with Gasteiger partial charge in [-0.05, 0) is 68.1 Å². The molecule has 0 unspecified atom stereocenters. The Labute approximate surface area is 173 Å². The Balaban J connectivity index is 1.41. The summed E-state index contributed by atoms with van der Waals surface area (Å²) >= 11 is 0. The first kappa shape index (κ1) is 21.5. The lowest BCUT2D eigenvalue weighted by molar-refractivity contribution is -0.126. The molecular weight excluding hydrogens is 368 g/mol. The van der Waals surface area contributed by atoms with Crippen molar-refractivity contribution in [2.75, 3.05) is 13.1 Å². The number of phenols is 1. The number of likely N-dealkylation sites (tertiary alicyclic amines) is 1. The minimum atomic E-state index is -0.227. The van der Waals surface area contributed by atoms with Crippen LogP contribution in [0.3, 0.4) is 0 Å². The van der Waals surface area contributed by atoms with Gasteiger partial charge < -0.3 is 20.1 Å². The predicted octanol–water partition coefficient (Wildman–Crippen LogP) is 3.99. The molecule has 6 heteroatoms. The maximum atomic E-state index is 12.5. The highest BCUT2D eigenvalue weighted by atomic mass is 16.6. The first-order chi connectivity index (χ1) is 13.8. The van der Waals surface area contributed by atoms with Crippen LogP contribution in [0.5, 0.6) is 5.75 Å². The number of nitrogens with zero attached hydrogens (tertiary/aromatic N) is 1. The van der Waals surface area contributed by atoms with Crippen molar-refractivity contribution < 1.29 is 19.4 Å². The van der Waals surface area contributed by atoms with Crippen molar-refractivity contribution in [3.8, 4) is 5.75 Å². The molecule has 2 N–H and O–H groups in total. The van der Waals surface area contributed by atoms with Crippen LogP contribution in [0.25, 0.3) is 0 Å². The van der Waals surface area contributed by atoms with Crippen molar-refractivity contribution in [3.05, 3.63) is 29.3 Å². The van der Waals surface area contributed by atoms with Gasteiger partial charge in [0.05, 0.1) is 0 Å². The van der Waals surface area contributed by atoms with Crippen LogP contribution in [0, 0.1) is 24.7 Å². The lowest BCUT2D eigenvalue weighted by atomic mass is 9.82. The smallest absolute Gasteiger partial charge is 0.410 e. The quantitative estimate of drug-likeness (QED) is 0.798. The molecule has 1 saturated heterocycles. The molecule has 1 heterocycles. The maximum absolute atomic E-state index is 12.5. The molecule has 3 atom stereocenters.